The summed E-state index contributed by atoms with van der Waals surface area (Å²) in [6.45, 7) is 7.49. The summed E-state index contributed by atoms with van der Waals surface area (Å²) in [5, 5.41) is 3.50. The van der Waals surface area contributed by atoms with E-state index in [0.717, 1.165) is 24.1 Å². The molecule has 1 aliphatic carbocycles. The largest absolute Gasteiger partial charge is 0.416 e. The van der Waals surface area contributed by atoms with Crippen molar-refractivity contribution in [2.45, 2.75) is 58.8 Å². The molecule has 2 unspecified atom stereocenters. The zero-order valence-corrected chi connectivity index (χ0v) is 12.9. The predicted octanol–water partition coefficient (Wildman–Crippen LogP) is 5.01. The summed E-state index contributed by atoms with van der Waals surface area (Å²) in [6.07, 6.45) is -0.732. The summed E-state index contributed by atoms with van der Waals surface area (Å²) in [7, 11) is 0. The third kappa shape index (κ3) is 4.47. The minimum absolute atomic E-state index is 0.409. The molecule has 1 aromatic rings. The van der Waals surface area contributed by atoms with Gasteiger partial charge in [-0.15, -0.1) is 0 Å². The summed E-state index contributed by atoms with van der Waals surface area (Å²) in [6, 6.07) is 5.90. The van der Waals surface area contributed by atoms with Crippen molar-refractivity contribution >= 4 is 0 Å². The summed E-state index contributed by atoms with van der Waals surface area (Å²) in [5.74, 6) is 0.600. The van der Waals surface area contributed by atoms with Gasteiger partial charge >= 0.3 is 6.18 Å². The van der Waals surface area contributed by atoms with Gasteiger partial charge < -0.3 is 5.32 Å². The first-order valence-electron chi connectivity index (χ1n) is 7.57. The van der Waals surface area contributed by atoms with E-state index in [9.17, 15) is 13.2 Å². The van der Waals surface area contributed by atoms with Crippen LogP contribution < -0.4 is 5.32 Å². The molecule has 2 rings (SSSR count). The number of halogens is 3. The third-order valence-corrected chi connectivity index (χ3v) is 4.54. The molecular weight excluding hydrogens is 275 g/mol. The maximum absolute atomic E-state index is 12.5. The Morgan fingerprint density at radius 1 is 1.19 bits per heavy atom. The van der Waals surface area contributed by atoms with E-state index in [2.05, 4.69) is 26.1 Å². The highest BCUT2D eigenvalue weighted by Gasteiger charge is 2.32. The highest BCUT2D eigenvalue weighted by atomic mass is 19.4. The fraction of sp³-hybridized carbons (Fsp3) is 0.647. The van der Waals surface area contributed by atoms with Crippen molar-refractivity contribution in [2.75, 3.05) is 0 Å². The van der Waals surface area contributed by atoms with Crippen LogP contribution in [0.1, 0.15) is 51.2 Å². The first-order valence-corrected chi connectivity index (χ1v) is 7.57. The van der Waals surface area contributed by atoms with Crippen molar-refractivity contribution in [3.8, 4) is 0 Å². The fourth-order valence-corrected chi connectivity index (χ4v) is 3.31. The van der Waals surface area contributed by atoms with Gasteiger partial charge in [-0.3, -0.25) is 0 Å². The minimum atomic E-state index is -4.25. The minimum Gasteiger partial charge on any atom is -0.310 e. The van der Waals surface area contributed by atoms with Crippen LogP contribution in [0.5, 0.6) is 0 Å². The van der Waals surface area contributed by atoms with Crippen molar-refractivity contribution in [1.82, 2.24) is 5.32 Å². The van der Waals surface area contributed by atoms with Gasteiger partial charge in [0, 0.05) is 12.6 Å². The second-order valence-corrected chi connectivity index (χ2v) is 7.07. The average Bonchev–Trinajstić information content (AvgIpc) is 2.36. The van der Waals surface area contributed by atoms with E-state index in [-0.39, 0.29) is 0 Å². The van der Waals surface area contributed by atoms with E-state index in [1.54, 1.807) is 12.1 Å². The molecule has 0 radical (unpaired) electrons. The van der Waals surface area contributed by atoms with E-state index >= 15 is 0 Å². The molecular formula is C17H24F3N. The number of alkyl halides is 3. The Hall–Kier alpha value is -1.03. The highest BCUT2D eigenvalue weighted by Crippen LogP contribution is 2.38. The number of nitrogens with one attached hydrogen (secondary N) is 1. The van der Waals surface area contributed by atoms with Gasteiger partial charge in [0.25, 0.3) is 0 Å². The molecule has 0 aromatic heterocycles. The van der Waals surface area contributed by atoms with Crippen LogP contribution in [0.2, 0.25) is 0 Å². The Morgan fingerprint density at radius 3 is 2.33 bits per heavy atom. The third-order valence-electron chi connectivity index (χ3n) is 4.54. The SMILES string of the molecule is CC1CC(C)(C)CCC1NCc1ccc(C(F)(F)F)cc1. The normalized spacial score (nSPS) is 25.8. The molecule has 1 saturated carbocycles. The van der Waals surface area contributed by atoms with Crippen LogP contribution >= 0.6 is 0 Å². The maximum atomic E-state index is 12.5. The molecule has 0 saturated heterocycles. The topological polar surface area (TPSA) is 12.0 Å². The number of hydrogen-bond acceptors (Lipinski definition) is 1. The first kappa shape index (κ1) is 16.3. The van der Waals surface area contributed by atoms with Crippen LogP contribution in [0.15, 0.2) is 24.3 Å². The van der Waals surface area contributed by atoms with E-state index < -0.39 is 11.7 Å². The van der Waals surface area contributed by atoms with Crippen molar-refractivity contribution in [1.29, 1.82) is 0 Å². The van der Waals surface area contributed by atoms with E-state index in [1.165, 1.54) is 12.8 Å². The van der Waals surface area contributed by atoms with Crippen molar-refractivity contribution < 1.29 is 13.2 Å². The molecule has 0 spiro atoms. The quantitative estimate of drug-likeness (QED) is 0.827. The molecule has 2 atom stereocenters. The Balaban J connectivity index is 1.89. The van der Waals surface area contributed by atoms with Crippen LogP contribution in [0.3, 0.4) is 0 Å². The number of hydrogen-bond donors (Lipinski definition) is 1. The smallest absolute Gasteiger partial charge is 0.310 e. The van der Waals surface area contributed by atoms with Gasteiger partial charge in [-0.05, 0) is 48.3 Å². The van der Waals surface area contributed by atoms with Crippen molar-refractivity contribution in [2.24, 2.45) is 11.3 Å². The molecule has 118 valence electrons. The summed E-state index contributed by atoms with van der Waals surface area (Å²) in [4.78, 5) is 0. The van der Waals surface area contributed by atoms with Gasteiger partial charge in [-0.25, -0.2) is 0 Å². The lowest BCUT2D eigenvalue weighted by atomic mass is 9.70. The summed E-state index contributed by atoms with van der Waals surface area (Å²) >= 11 is 0. The van der Waals surface area contributed by atoms with Gasteiger partial charge in [-0.1, -0.05) is 32.9 Å². The summed E-state index contributed by atoms with van der Waals surface area (Å²) < 4.78 is 37.5. The second-order valence-electron chi connectivity index (χ2n) is 7.07. The summed E-state index contributed by atoms with van der Waals surface area (Å²) in [5.41, 5.74) is 0.727. The first-order chi connectivity index (χ1) is 9.67. The van der Waals surface area contributed by atoms with E-state index in [1.807, 2.05) is 0 Å². The predicted molar refractivity (Wildman–Crippen MR) is 78.9 cm³/mol. The Bertz CT molecular complexity index is 462. The van der Waals surface area contributed by atoms with Crippen molar-refractivity contribution in [3.05, 3.63) is 35.4 Å². The van der Waals surface area contributed by atoms with Crippen molar-refractivity contribution in [3.63, 3.8) is 0 Å². The Kier molecular flexibility index (Phi) is 4.66. The van der Waals surface area contributed by atoms with Crippen LogP contribution in [0.25, 0.3) is 0 Å². The molecule has 0 bridgehead atoms. The van der Waals surface area contributed by atoms with Gasteiger partial charge in [0.1, 0.15) is 0 Å². The fourth-order valence-electron chi connectivity index (χ4n) is 3.31. The molecule has 0 heterocycles. The number of benzene rings is 1. The van der Waals surface area contributed by atoms with Crippen LogP contribution in [-0.2, 0) is 12.7 Å². The second kappa shape index (κ2) is 5.99. The zero-order valence-electron chi connectivity index (χ0n) is 12.9. The molecule has 1 N–H and O–H groups in total. The number of rotatable bonds is 3. The van der Waals surface area contributed by atoms with Gasteiger partial charge in [0.2, 0.25) is 0 Å². The van der Waals surface area contributed by atoms with Gasteiger partial charge in [-0.2, -0.15) is 13.2 Å². The van der Waals surface area contributed by atoms with Crippen LogP contribution in [-0.4, -0.2) is 6.04 Å². The van der Waals surface area contributed by atoms with Gasteiger partial charge in [0.15, 0.2) is 0 Å². The lowest BCUT2D eigenvalue weighted by molar-refractivity contribution is -0.137. The monoisotopic (exact) mass is 299 g/mol. The molecule has 4 heteroatoms. The van der Waals surface area contributed by atoms with Crippen LogP contribution in [0, 0.1) is 11.3 Å². The molecule has 1 nitrogen and oxygen atoms in total. The Labute approximate surface area is 124 Å². The zero-order chi connectivity index (χ0) is 15.7. The highest BCUT2D eigenvalue weighted by molar-refractivity contribution is 5.24. The Morgan fingerprint density at radius 2 is 1.81 bits per heavy atom. The molecule has 21 heavy (non-hydrogen) atoms. The maximum Gasteiger partial charge on any atom is 0.416 e. The van der Waals surface area contributed by atoms with E-state index in [4.69, 9.17) is 0 Å². The standard InChI is InChI=1S/C17H24F3N/c1-12-10-16(2,3)9-8-15(12)21-11-13-4-6-14(7-5-13)17(18,19)20/h4-7,12,15,21H,8-11H2,1-3H3. The van der Waals surface area contributed by atoms with E-state index in [0.29, 0.717) is 23.9 Å². The lowest BCUT2D eigenvalue weighted by Crippen LogP contribution is -2.41. The molecule has 0 amide bonds. The van der Waals surface area contributed by atoms with Gasteiger partial charge in [0.05, 0.1) is 5.56 Å². The molecule has 1 aliphatic rings. The molecule has 1 aromatic carbocycles. The lowest BCUT2D eigenvalue weighted by Gasteiger charge is -2.39. The molecule has 0 aliphatic heterocycles. The van der Waals surface area contributed by atoms with Crippen LogP contribution in [0.4, 0.5) is 13.2 Å². The average molecular weight is 299 g/mol. The molecule has 1 fully saturated rings.